The highest BCUT2D eigenvalue weighted by atomic mass is 35.5. The molecular weight excluding hydrogens is 523 g/mol. The van der Waals surface area contributed by atoms with E-state index in [0.717, 1.165) is 5.56 Å². The molecule has 0 bridgehead atoms. The summed E-state index contributed by atoms with van der Waals surface area (Å²) in [5.74, 6) is -2.51. The highest BCUT2D eigenvalue weighted by Gasteiger charge is 2.31. The molecule has 3 aromatic rings. The van der Waals surface area contributed by atoms with Gasteiger partial charge in [0.15, 0.2) is 0 Å². The van der Waals surface area contributed by atoms with Crippen molar-refractivity contribution in [2.45, 2.75) is 12.5 Å². The molecule has 4 rings (SSSR count). The van der Waals surface area contributed by atoms with E-state index in [9.17, 15) is 23.6 Å². The molecule has 1 heterocycles. The summed E-state index contributed by atoms with van der Waals surface area (Å²) in [6, 6.07) is 20.8. The summed E-state index contributed by atoms with van der Waals surface area (Å²) in [6.45, 7) is -0.289. The zero-order valence-electron chi connectivity index (χ0n) is 21.3. The van der Waals surface area contributed by atoms with Crippen LogP contribution in [0.5, 0.6) is 0 Å². The average molecular weight is 551 g/mol. The molecule has 202 valence electrons. The van der Waals surface area contributed by atoms with Crippen LogP contribution in [0.3, 0.4) is 0 Å². The van der Waals surface area contributed by atoms with E-state index in [0.29, 0.717) is 10.7 Å². The number of nitrogens with one attached hydrogen (secondary N) is 1. The largest absolute Gasteiger partial charge is 0.342 e. The molecule has 3 aromatic carbocycles. The molecule has 1 aliphatic heterocycles. The number of likely N-dealkylation sites (N-methyl/N-ethyl adjacent to an activating group) is 1. The van der Waals surface area contributed by atoms with Gasteiger partial charge in [-0.25, -0.2) is 4.39 Å². The van der Waals surface area contributed by atoms with Gasteiger partial charge in [-0.05, 0) is 42.0 Å². The molecule has 1 saturated heterocycles. The van der Waals surface area contributed by atoms with Crippen molar-refractivity contribution in [3.63, 3.8) is 0 Å². The number of hydrogen-bond acceptors (Lipinski definition) is 4. The van der Waals surface area contributed by atoms with Gasteiger partial charge in [0.05, 0.1) is 12.1 Å². The summed E-state index contributed by atoms with van der Waals surface area (Å²) in [4.78, 5) is 55.9. The van der Waals surface area contributed by atoms with Gasteiger partial charge in [0, 0.05) is 37.3 Å². The fourth-order valence-corrected chi connectivity index (χ4v) is 4.47. The lowest BCUT2D eigenvalue weighted by atomic mass is 10.0. The Balaban J connectivity index is 1.41. The van der Waals surface area contributed by atoms with Crippen molar-refractivity contribution in [1.82, 2.24) is 15.1 Å². The number of piperazine rings is 1. The third-order valence-electron chi connectivity index (χ3n) is 6.51. The number of benzene rings is 3. The van der Waals surface area contributed by atoms with Crippen LogP contribution in [0.15, 0.2) is 78.9 Å². The first-order valence-electron chi connectivity index (χ1n) is 12.4. The summed E-state index contributed by atoms with van der Waals surface area (Å²) in [6.07, 6.45) is 0.252. The molecule has 0 unspecified atom stereocenters. The van der Waals surface area contributed by atoms with Crippen molar-refractivity contribution in [3.8, 4) is 0 Å². The van der Waals surface area contributed by atoms with Crippen LogP contribution in [0.4, 0.5) is 10.1 Å². The number of hydrogen-bond donors (Lipinski definition) is 1. The zero-order chi connectivity index (χ0) is 27.9. The third kappa shape index (κ3) is 7.00. The molecule has 1 fully saturated rings. The predicted octanol–water partition coefficient (Wildman–Crippen LogP) is 3.15. The lowest BCUT2D eigenvalue weighted by Crippen LogP contribution is -2.56. The molecule has 0 aromatic heterocycles. The van der Waals surface area contributed by atoms with E-state index in [-0.39, 0.29) is 44.1 Å². The minimum absolute atomic E-state index is 0.106. The predicted molar refractivity (Wildman–Crippen MR) is 146 cm³/mol. The van der Waals surface area contributed by atoms with E-state index in [1.807, 2.05) is 30.3 Å². The van der Waals surface area contributed by atoms with Gasteiger partial charge in [-0.15, -0.1) is 0 Å². The molecule has 0 aliphatic carbocycles. The van der Waals surface area contributed by atoms with E-state index in [1.54, 1.807) is 37.4 Å². The molecule has 1 N–H and O–H groups in total. The van der Waals surface area contributed by atoms with E-state index in [1.165, 1.54) is 32.9 Å². The van der Waals surface area contributed by atoms with E-state index in [2.05, 4.69) is 5.32 Å². The SMILES string of the molecule is CN(C(=O)[C@H](Cc1ccccc1)NC(=O)CN1CCN(C(=O)c2ccccc2F)CC1=O)c1ccc(Cl)cc1. The summed E-state index contributed by atoms with van der Waals surface area (Å²) in [5, 5.41) is 3.32. The quantitative estimate of drug-likeness (QED) is 0.466. The van der Waals surface area contributed by atoms with Crippen LogP contribution in [0.25, 0.3) is 0 Å². The van der Waals surface area contributed by atoms with Crippen molar-refractivity contribution in [2.75, 3.05) is 38.1 Å². The van der Waals surface area contributed by atoms with Gasteiger partial charge >= 0.3 is 0 Å². The first-order chi connectivity index (χ1) is 18.7. The molecule has 39 heavy (non-hydrogen) atoms. The van der Waals surface area contributed by atoms with Gasteiger partial charge in [0.2, 0.25) is 17.7 Å². The van der Waals surface area contributed by atoms with Gasteiger partial charge in [0.1, 0.15) is 18.4 Å². The van der Waals surface area contributed by atoms with Crippen LogP contribution in [-0.4, -0.2) is 72.7 Å². The molecule has 0 radical (unpaired) electrons. The summed E-state index contributed by atoms with van der Waals surface area (Å²) in [5.41, 5.74) is 1.36. The van der Waals surface area contributed by atoms with Crippen LogP contribution in [0.1, 0.15) is 15.9 Å². The molecule has 0 saturated carbocycles. The van der Waals surface area contributed by atoms with Crippen molar-refractivity contribution in [1.29, 1.82) is 0 Å². The Morgan fingerprint density at radius 3 is 2.31 bits per heavy atom. The van der Waals surface area contributed by atoms with Crippen LogP contribution in [0.2, 0.25) is 5.02 Å². The standard InChI is InChI=1S/C29H28ClFN4O4/c1-33(22-13-11-21(30)12-14-22)29(39)25(17-20-7-3-2-4-8-20)32-26(36)18-34-15-16-35(19-27(34)37)28(38)23-9-5-6-10-24(23)31/h2-14,25H,15-19H2,1H3,(H,32,36)/t25-/m0/s1. The smallest absolute Gasteiger partial charge is 0.257 e. The maximum absolute atomic E-state index is 14.0. The van der Waals surface area contributed by atoms with Crippen LogP contribution >= 0.6 is 11.6 Å². The Bertz CT molecular complexity index is 1350. The highest BCUT2D eigenvalue weighted by Crippen LogP contribution is 2.19. The fraction of sp³-hybridized carbons (Fsp3) is 0.241. The minimum Gasteiger partial charge on any atom is -0.342 e. The topological polar surface area (TPSA) is 90.0 Å². The normalized spacial score (nSPS) is 14.1. The number of amides is 4. The fourth-order valence-electron chi connectivity index (χ4n) is 4.34. The Morgan fingerprint density at radius 2 is 1.64 bits per heavy atom. The Kier molecular flexibility index (Phi) is 8.93. The second kappa shape index (κ2) is 12.5. The number of halogens is 2. The maximum atomic E-state index is 14.0. The summed E-state index contributed by atoms with van der Waals surface area (Å²) >= 11 is 5.97. The van der Waals surface area contributed by atoms with Gasteiger partial charge in [-0.2, -0.15) is 0 Å². The van der Waals surface area contributed by atoms with Crippen molar-refractivity contribution in [3.05, 3.63) is 101 Å². The van der Waals surface area contributed by atoms with Crippen molar-refractivity contribution in [2.24, 2.45) is 0 Å². The lowest BCUT2D eigenvalue weighted by Gasteiger charge is -2.34. The first-order valence-corrected chi connectivity index (χ1v) is 12.8. The van der Waals surface area contributed by atoms with E-state index in [4.69, 9.17) is 11.6 Å². The molecule has 1 aliphatic rings. The highest BCUT2D eigenvalue weighted by molar-refractivity contribution is 6.30. The van der Waals surface area contributed by atoms with Gasteiger partial charge < -0.3 is 20.0 Å². The molecule has 4 amide bonds. The Labute approximate surface area is 230 Å². The Hall–Kier alpha value is -4.24. The van der Waals surface area contributed by atoms with Gasteiger partial charge in [-0.1, -0.05) is 54.1 Å². The molecule has 8 nitrogen and oxygen atoms in total. The number of carbonyl (C=O) groups is 4. The molecular formula is C29H28ClFN4O4. The molecule has 10 heteroatoms. The number of carbonyl (C=O) groups excluding carboxylic acids is 4. The third-order valence-corrected chi connectivity index (χ3v) is 6.76. The van der Waals surface area contributed by atoms with Crippen LogP contribution in [-0.2, 0) is 20.8 Å². The summed E-state index contributed by atoms with van der Waals surface area (Å²) in [7, 11) is 1.62. The molecule has 0 spiro atoms. The zero-order valence-corrected chi connectivity index (χ0v) is 22.1. The number of rotatable bonds is 8. The second-order valence-corrected chi connectivity index (χ2v) is 9.64. The maximum Gasteiger partial charge on any atom is 0.257 e. The average Bonchev–Trinajstić information content (AvgIpc) is 2.94. The monoisotopic (exact) mass is 550 g/mol. The summed E-state index contributed by atoms with van der Waals surface area (Å²) < 4.78 is 14.0. The molecule has 1 atom stereocenters. The Morgan fingerprint density at radius 1 is 0.974 bits per heavy atom. The van der Waals surface area contributed by atoms with Crippen molar-refractivity contribution >= 4 is 40.9 Å². The van der Waals surface area contributed by atoms with E-state index >= 15 is 0 Å². The lowest BCUT2D eigenvalue weighted by molar-refractivity contribution is -0.139. The van der Waals surface area contributed by atoms with E-state index < -0.39 is 29.6 Å². The number of nitrogens with zero attached hydrogens (tertiary/aromatic N) is 3. The number of anilines is 1. The van der Waals surface area contributed by atoms with Gasteiger partial charge in [0.25, 0.3) is 5.91 Å². The van der Waals surface area contributed by atoms with Crippen LogP contribution < -0.4 is 10.2 Å². The van der Waals surface area contributed by atoms with Crippen molar-refractivity contribution < 1.29 is 23.6 Å². The van der Waals surface area contributed by atoms with Crippen LogP contribution in [0, 0.1) is 5.82 Å². The van der Waals surface area contributed by atoms with Gasteiger partial charge in [-0.3, -0.25) is 19.2 Å². The minimum atomic E-state index is -0.889. The second-order valence-electron chi connectivity index (χ2n) is 9.21. The first kappa shape index (κ1) is 27.8.